The number of hydrogen-bond donors (Lipinski definition) is 1. The molecule has 10 heavy (non-hydrogen) atoms. The highest BCUT2D eigenvalue weighted by Gasteiger charge is 2.35. The predicted molar refractivity (Wildman–Crippen MR) is 42.0 cm³/mol. The molecule has 56 valence electrons. The van der Waals surface area contributed by atoms with Crippen LogP contribution < -0.4 is 5.32 Å². The quantitative estimate of drug-likeness (QED) is 0.549. The van der Waals surface area contributed by atoms with Crippen LogP contribution >= 0.6 is 0 Å². The number of fused-ring (bicyclic) bond motifs is 2. The Kier molecular flexibility index (Phi) is 1.51. The van der Waals surface area contributed by atoms with E-state index in [0.29, 0.717) is 0 Å². The van der Waals surface area contributed by atoms with Crippen molar-refractivity contribution in [3.05, 3.63) is 12.7 Å². The normalized spacial score (nSPS) is 38.8. The van der Waals surface area contributed by atoms with Crippen molar-refractivity contribution in [1.82, 2.24) is 10.2 Å². The van der Waals surface area contributed by atoms with Crippen molar-refractivity contribution >= 4 is 0 Å². The summed E-state index contributed by atoms with van der Waals surface area (Å²) in [6.45, 7) is 7.25. The average Bonchev–Trinajstić information content (AvgIpc) is 1.87. The molecule has 2 heteroatoms. The molecule has 3 aliphatic rings. The third-order valence-electron chi connectivity index (χ3n) is 2.38. The van der Waals surface area contributed by atoms with Crippen molar-refractivity contribution < 1.29 is 0 Å². The van der Waals surface area contributed by atoms with Gasteiger partial charge in [0.1, 0.15) is 0 Å². The Morgan fingerprint density at radius 1 is 1.50 bits per heavy atom. The lowest BCUT2D eigenvalue weighted by molar-refractivity contribution is 0.0872. The summed E-state index contributed by atoms with van der Waals surface area (Å²) in [6.07, 6.45) is 3.39. The Hall–Kier alpha value is -0.340. The molecule has 0 aromatic rings. The number of nitrogens with zero attached hydrogens (tertiary/aromatic N) is 1. The van der Waals surface area contributed by atoms with E-state index < -0.39 is 0 Å². The summed E-state index contributed by atoms with van der Waals surface area (Å²) in [6, 6.07) is 1.58. The summed E-state index contributed by atoms with van der Waals surface area (Å²) in [7, 11) is 0. The van der Waals surface area contributed by atoms with Crippen LogP contribution in [0.2, 0.25) is 0 Å². The molecule has 2 atom stereocenters. The molecule has 3 rings (SSSR count). The number of nitrogens with one attached hydrogen (secondary N) is 1. The van der Waals surface area contributed by atoms with Crippen molar-refractivity contribution in [3.8, 4) is 0 Å². The summed E-state index contributed by atoms with van der Waals surface area (Å²) >= 11 is 0. The molecule has 0 saturated carbocycles. The standard InChI is InChI=1S/C8H14N2/c1-2-3-10-5-7-4-8(6-10)9-7/h2,7-9H,1,3-6H2. The fourth-order valence-corrected chi connectivity index (χ4v) is 1.94. The maximum atomic E-state index is 3.73. The lowest BCUT2D eigenvalue weighted by Crippen LogP contribution is -2.66. The van der Waals surface area contributed by atoms with E-state index in [1.54, 1.807) is 0 Å². The number of piperidine rings is 1. The van der Waals surface area contributed by atoms with Crippen LogP contribution in [-0.2, 0) is 0 Å². The van der Waals surface area contributed by atoms with E-state index in [1.807, 2.05) is 6.08 Å². The Bertz CT molecular complexity index is 128. The molecule has 2 unspecified atom stereocenters. The van der Waals surface area contributed by atoms with E-state index in [1.165, 1.54) is 19.5 Å². The zero-order valence-corrected chi connectivity index (χ0v) is 6.21. The molecule has 0 spiro atoms. The molecule has 3 aliphatic heterocycles. The molecule has 3 saturated heterocycles. The van der Waals surface area contributed by atoms with Crippen LogP contribution in [0.15, 0.2) is 12.7 Å². The predicted octanol–water partition coefficient (Wildman–Crippen LogP) is 0.218. The van der Waals surface area contributed by atoms with E-state index in [2.05, 4.69) is 16.8 Å². The molecule has 2 nitrogen and oxygen atoms in total. The third kappa shape index (κ3) is 0.976. The van der Waals surface area contributed by atoms with Crippen LogP contribution in [0.25, 0.3) is 0 Å². The van der Waals surface area contributed by atoms with Gasteiger partial charge in [-0.1, -0.05) is 6.08 Å². The second-order valence-corrected chi connectivity index (χ2v) is 3.30. The van der Waals surface area contributed by atoms with Gasteiger partial charge in [0.05, 0.1) is 0 Å². The average molecular weight is 138 g/mol. The summed E-state index contributed by atoms with van der Waals surface area (Å²) in [4.78, 5) is 2.46. The third-order valence-corrected chi connectivity index (χ3v) is 2.38. The van der Waals surface area contributed by atoms with Gasteiger partial charge in [0.2, 0.25) is 0 Å². The van der Waals surface area contributed by atoms with Gasteiger partial charge in [-0.05, 0) is 6.42 Å². The van der Waals surface area contributed by atoms with Crippen molar-refractivity contribution in [3.63, 3.8) is 0 Å². The fourth-order valence-electron chi connectivity index (χ4n) is 1.94. The van der Waals surface area contributed by atoms with Crippen molar-refractivity contribution in [2.75, 3.05) is 19.6 Å². The second-order valence-electron chi connectivity index (χ2n) is 3.30. The van der Waals surface area contributed by atoms with E-state index >= 15 is 0 Å². The Labute approximate surface area is 61.9 Å². The van der Waals surface area contributed by atoms with Gasteiger partial charge in [-0.15, -0.1) is 6.58 Å². The largest absolute Gasteiger partial charge is 0.309 e. The number of hydrogen-bond acceptors (Lipinski definition) is 2. The van der Waals surface area contributed by atoms with Crippen molar-refractivity contribution in [1.29, 1.82) is 0 Å². The molecule has 0 amide bonds. The van der Waals surface area contributed by atoms with E-state index in [9.17, 15) is 0 Å². The minimum atomic E-state index is 0.790. The minimum Gasteiger partial charge on any atom is -0.309 e. The molecule has 2 bridgehead atoms. The van der Waals surface area contributed by atoms with E-state index in [-0.39, 0.29) is 0 Å². The highest BCUT2D eigenvalue weighted by Crippen LogP contribution is 2.19. The van der Waals surface area contributed by atoms with Gasteiger partial charge in [0.15, 0.2) is 0 Å². The summed E-state index contributed by atoms with van der Waals surface area (Å²) in [5, 5.41) is 3.49. The minimum absolute atomic E-state index is 0.790. The highest BCUT2D eigenvalue weighted by molar-refractivity contribution is 4.98. The first kappa shape index (κ1) is 6.38. The SMILES string of the molecule is C=CCN1CC2CC(C1)N2. The smallest absolute Gasteiger partial charge is 0.0213 e. The molecule has 1 N–H and O–H groups in total. The Morgan fingerprint density at radius 3 is 2.60 bits per heavy atom. The Morgan fingerprint density at radius 2 is 2.10 bits per heavy atom. The first-order chi connectivity index (χ1) is 4.88. The monoisotopic (exact) mass is 138 g/mol. The summed E-state index contributed by atoms with van der Waals surface area (Å²) in [5.41, 5.74) is 0. The molecule has 3 fully saturated rings. The molecular weight excluding hydrogens is 124 g/mol. The van der Waals surface area contributed by atoms with Crippen molar-refractivity contribution in [2.24, 2.45) is 0 Å². The van der Waals surface area contributed by atoms with Gasteiger partial charge in [-0.2, -0.15) is 0 Å². The van der Waals surface area contributed by atoms with Crippen LogP contribution in [-0.4, -0.2) is 36.6 Å². The van der Waals surface area contributed by atoms with Crippen LogP contribution in [0, 0.1) is 0 Å². The lowest BCUT2D eigenvalue weighted by Gasteiger charge is -2.48. The molecular formula is C8H14N2. The van der Waals surface area contributed by atoms with E-state index in [0.717, 1.165) is 18.6 Å². The summed E-state index contributed by atoms with van der Waals surface area (Å²) in [5.74, 6) is 0. The first-order valence-electron chi connectivity index (χ1n) is 3.98. The summed E-state index contributed by atoms with van der Waals surface area (Å²) < 4.78 is 0. The molecule has 0 aromatic carbocycles. The van der Waals surface area contributed by atoms with Crippen LogP contribution in [0.3, 0.4) is 0 Å². The second kappa shape index (κ2) is 2.36. The van der Waals surface area contributed by atoms with Gasteiger partial charge < -0.3 is 5.32 Å². The number of piperazine rings is 1. The first-order valence-corrected chi connectivity index (χ1v) is 3.98. The lowest BCUT2D eigenvalue weighted by atomic mass is 9.91. The number of rotatable bonds is 2. The maximum absolute atomic E-state index is 3.73. The van der Waals surface area contributed by atoms with Crippen LogP contribution in [0.5, 0.6) is 0 Å². The zero-order valence-electron chi connectivity index (χ0n) is 6.21. The Balaban J connectivity index is 1.85. The van der Waals surface area contributed by atoms with Gasteiger partial charge in [-0.25, -0.2) is 0 Å². The topological polar surface area (TPSA) is 15.3 Å². The van der Waals surface area contributed by atoms with Crippen LogP contribution in [0.4, 0.5) is 0 Å². The van der Waals surface area contributed by atoms with Gasteiger partial charge in [-0.3, -0.25) is 4.90 Å². The molecule has 0 aliphatic carbocycles. The van der Waals surface area contributed by atoms with Crippen LogP contribution in [0.1, 0.15) is 6.42 Å². The van der Waals surface area contributed by atoms with Gasteiger partial charge in [0, 0.05) is 31.7 Å². The molecule has 0 aromatic heterocycles. The zero-order chi connectivity index (χ0) is 6.97. The van der Waals surface area contributed by atoms with Gasteiger partial charge in [0.25, 0.3) is 0 Å². The maximum Gasteiger partial charge on any atom is 0.0213 e. The van der Waals surface area contributed by atoms with Crippen molar-refractivity contribution in [2.45, 2.75) is 18.5 Å². The highest BCUT2D eigenvalue weighted by atomic mass is 15.2. The molecule has 3 heterocycles. The molecule has 0 radical (unpaired) electrons. The fraction of sp³-hybridized carbons (Fsp3) is 0.750. The van der Waals surface area contributed by atoms with Gasteiger partial charge >= 0.3 is 0 Å². The van der Waals surface area contributed by atoms with E-state index in [4.69, 9.17) is 0 Å².